The largest absolute Gasteiger partial charge is 0.466 e. The van der Waals surface area contributed by atoms with E-state index < -0.39 is 5.60 Å². The Labute approximate surface area is 134 Å². The second-order valence-corrected chi connectivity index (χ2v) is 6.39. The molecule has 0 saturated heterocycles. The van der Waals surface area contributed by atoms with Gasteiger partial charge in [0.15, 0.2) is 5.60 Å². The summed E-state index contributed by atoms with van der Waals surface area (Å²) in [6, 6.07) is 7.03. The van der Waals surface area contributed by atoms with Gasteiger partial charge in [0.05, 0.1) is 18.5 Å². The first-order valence-electron chi connectivity index (χ1n) is 6.49. The van der Waals surface area contributed by atoms with Crippen molar-refractivity contribution in [1.29, 1.82) is 0 Å². The highest BCUT2D eigenvalue weighted by molar-refractivity contribution is 7.10. The zero-order chi connectivity index (χ0) is 15.6. The molecule has 0 unspecified atom stereocenters. The maximum absolute atomic E-state index is 12.2. The van der Waals surface area contributed by atoms with Crippen LogP contribution in [0.3, 0.4) is 0 Å². The molecule has 8 heteroatoms. The minimum Gasteiger partial charge on any atom is -0.466 e. The Hall–Kier alpha value is -2.03. The van der Waals surface area contributed by atoms with Crippen LogP contribution in [0.2, 0.25) is 0 Å². The van der Waals surface area contributed by atoms with Gasteiger partial charge in [0.2, 0.25) is 0 Å². The maximum atomic E-state index is 12.2. The van der Waals surface area contributed by atoms with Gasteiger partial charge >= 0.3 is 0 Å². The number of aryl methyl sites for hydroxylation is 1. The molecule has 2 N–H and O–H groups in total. The first-order valence-corrected chi connectivity index (χ1v) is 8.14. The average molecular weight is 335 g/mol. The fourth-order valence-corrected chi connectivity index (χ4v) is 3.45. The highest BCUT2D eigenvalue weighted by Crippen LogP contribution is 2.32. The molecule has 22 heavy (non-hydrogen) atoms. The lowest BCUT2D eigenvalue weighted by atomic mass is 9.98. The summed E-state index contributed by atoms with van der Waals surface area (Å²) in [5.41, 5.74) is -0.834. The normalized spacial score (nSPS) is 13.7. The predicted molar refractivity (Wildman–Crippen MR) is 83.0 cm³/mol. The van der Waals surface area contributed by atoms with E-state index in [-0.39, 0.29) is 12.5 Å². The van der Waals surface area contributed by atoms with Crippen LogP contribution in [0, 0.1) is 6.92 Å². The molecule has 0 fully saturated rings. The Balaban J connectivity index is 1.83. The van der Waals surface area contributed by atoms with E-state index in [9.17, 15) is 9.90 Å². The van der Waals surface area contributed by atoms with Crippen LogP contribution in [0.25, 0.3) is 0 Å². The van der Waals surface area contributed by atoms with Crippen LogP contribution >= 0.6 is 22.9 Å². The van der Waals surface area contributed by atoms with Crippen molar-refractivity contribution < 1.29 is 14.3 Å². The minimum absolute atomic E-state index is 0.00278. The zero-order valence-electron chi connectivity index (χ0n) is 11.6. The second-order valence-electron chi connectivity index (χ2n) is 4.69. The lowest BCUT2D eigenvalue weighted by molar-refractivity contribution is 0.0555. The van der Waals surface area contributed by atoms with Gasteiger partial charge in [0.25, 0.3) is 5.91 Å². The van der Waals surface area contributed by atoms with Crippen LogP contribution in [0.1, 0.15) is 26.0 Å². The third kappa shape index (κ3) is 2.68. The van der Waals surface area contributed by atoms with Gasteiger partial charge in [-0.05, 0) is 42.0 Å². The molecule has 0 bridgehead atoms. The molecule has 1 amide bonds. The molecule has 3 aromatic heterocycles. The van der Waals surface area contributed by atoms with Crippen LogP contribution in [-0.2, 0) is 5.60 Å². The molecule has 0 radical (unpaired) electrons. The van der Waals surface area contributed by atoms with E-state index in [2.05, 4.69) is 14.9 Å². The van der Waals surface area contributed by atoms with Crippen molar-refractivity contribution in [2.75, 3.05) is 6.54 Å². The van der Waals surface area contributed by atoms with Crippen LogP contribution in [-0.4, -0.2) is 27.1 Å². The van der Waals surface area contributed by atoms with E-state index in [0.717, 1.165) is 11.5 Å². The lowest BCUT2D eigenvalue weighted by Gasteiger charge is -2.25. The molecule has 0 spiro atoms. The van der Waals surface area contributed by atoms with Gasteiger partial charge in [-0.25, -0.2) is 0 Å². The quantitative estimate of drug-likeness (QED) is 0.746. The first kappa shape index (κ1) is 14.9. The summed E-state index contributed by atoms with van der Waals surface area (Å²) in [7, 11) is 0. The second kappa shape index (κ2) is 5.99. The third-order valence-electron chi connectivity index (χ3n) is 3.22. The van der Waals surface area contributed by atoms with Crippen molar-refractivity contribution in [3.8, 4) is 0 Å². The topological polar surface area (TPSA) is 88.2 Å². The van der Waals surface area contributed by atoms with E-state index in [1.54, 1.807) is 25.1 Å². The van der Waals surface area contributed by atoms with Crippen LogP contribution < -0.4 is 5.32 Å². The lowest BCUT2D eigenvalue weighted by Crippen LogP contribution is -2.40. The Morgan fingerprint density at radius 3 is 2.91 bits per heavy atom. The molecule has 114 valence electrons. The number of amides is 1. The number of aromatic nitrogens is 2. The predicted octanol–water partition coefficient (Wildman–Crippen LogP) is 2.17. The number of carbonyl (C=O) groups is 1. The zero-order valence-corrected chi connectivity index (χ0v) is 13.3. The number of hydrogen-bond acceptors (Lipinski definition) is 7. The van der Waals surface area contributed by atoms with Crippen molar-refractivity contribution in [3.05, 3.63) is 57.1 Å². The van der Waals surface area contributed by atoms with Gasteiger partial charge < -0.3 is 14.8 Å². The van der Waals surface area contributed by atoms with Gasteiger partial charge in [0.1, 0.15) is 10.6 Å². The van der Waals surface area contributed by atoms with Crippen molar-refractivity contribution in [2.45, 2.75) is 12.5 Å². The average Bonchev–Trinajstić information content (AvgIpc) is 3.24. The molecule has 0 aliphatic heterocycles. The number of thiophene rings is 1. The number of rotatable bonds is 5. The SMILES string of the molecule is Cc1nnsc1C(=O)NC[C@](O)(c1ccco1)c1cccs1. The fraction of sp³-hybridized carbons (Fsp3) is 0.214. The third-order valence-corrected chi connectivity index (χ3v) is 5.07. The summed E-state index contributed by atoms with van der Waals surface area (Å²) in [6.45, 7) is 1.72. The van der Waals surface area contributed by atoms with E-state index in [4.69, 9.17) is 4.42 Å². The maximum Gasteiger partial charge on any atom is 0.265 e. The molecule has 1 atom stereocenters. The highest BCUT2D eigenvalue weighted by Gasteiger charge is 2.36. The minimum atomic E-state index is -1.40. The molecule has 0 aliphatic rings. The summed E-state index contributed by atoms with van der Waals surface area (Å²) in [5.74, 6) is 0.0726. The van der Waals surface area contributed by atoms with E-state index in [1.165, 1.54) is 17.6 Å². The molecule has 3 aromatic rings. The highest BCUT2D eigenvalue weighted by atomic mass is 32.1. The molecule has 3 rings (SSSR count). The van der Waals surface area contributed by atoms with E-state index in [0.29, 0.717) is 21.2 Å². The number of nitrogens with zero attached hydrogens (tertiary/aromatic N) is 2. The molecular weight excluding hydrogens is 322 g/mol. The monoisotopic (exact) mass is 335 g/mol. The smallest absolute Gasteiger partial charge is 0.265 e. The number of hydrogen-bond donors (Lipinski definition) is 2. The van der Waals surface area contributed by atoms with Gasteiger partial charge in [-0.1, -0.05) is 10.6 Å². The Bertz CT molecular complexity index is 716. The van der Waals surface area contributed by atoms with Crippen molar-refractivity contribution in [2.24, 2.45) is 0 Å². The van der Waals surface area contributed by atoms with Crippen LogP contribution in [0.5, 0.6) is 0 Å². The van der Waals surface area contributed by atoms with Gasteiger partial charge in [-0.15, -0.1) is 16.4 Å². The van der Waals surface area contributed by atoms with Crippen molar-refractivity contribution >= 4 is 28.8 Å². The summed E-state index contributed by atoms with van der Waals surface area (Å²) in [5, 5.41) is 19.4. The number of furan rings is 1. The van der Waals surface area contributed by atoms with Crippen LogP contribution in [0.15, 0.2) is 40.3 Å². The van der Waals surface area contributed by atoms with Crippen molar-refractivity contribution in [3.63, 3.8) is 0 Å². The Kier molecular flexibility index (Phi) is 4.06. The first-order chi connectivity index (χ1) is 10.6. The molecule has 0 aliphatic carbocycles. The summed E-state index contributed by atoms with van der Waals surface area (Å²) in [4.78, 5) is 13.3. The van der Waals surface area contributed by atoms with Gasteiger partial charge in [0, 0.05) is 4.88 Å². The van der Waals surface area contributed by atoms with Crippen LogP contribution in [0.4, 0.5) is 0 Å². The summed E-state index contributed by atoms with van der Waals surface area (Å²) >= 11 is 2.42. The molecule has 6 nitrogen and oxygen atoms in total. The van der Waals surface area contributed by atoms with E-state index in [1.807, 2.05) is 11.4 Å². The molecular formula is C14H13N3O3S2. The molecule has 3 heterocycles. The standard InChI is InChI=1S/C14H13N3O3S2/c1-9-12(22-17-16-9)13(18)15-8-14(19,10-4-2-6-20-10)11-5-3-7-21-11/h2-7,19H,8H2,1H3,(H,15,18)/t14-/m0/s1. The van der Waals surface area contributed by atoms with Gasteiger partial charge in [-0.3, -0.25) is 4.79 Å². The number of carbonyl (C=O) groups excluding carboxylic acids is 1. The Morgan fingerprint density at radius 1 is 1.45 bits per heavy atom. The Morgan fingerprint density at radius 2 is 2.32 bits per heavy atom. The molecule has 0 saturated carbocycles. The molecule has 0 aromatic carbocycles. The van der Waals surface area contributed by atoms with Crippen molar-refractivity contribution in [1.82, 2.24) is 14.9 Å². The van der Waals surface area contributed by atoms with Gasteiger partial charge in [-0.2, -0.15) is 0 Å². The summed E-state index contributed by atoms with van der Waals surface area (Å²) in [6.07, 6.45) is 1.49. The number of aliphatic hydroxyl groups is 1. The summed E-state index contributed by atoms with van der Waals surface area (Å²) < 4.78 is 9.09. The van der Waals surface area contributed by atoms with E-state index >= 15 is 0 Å². The fourth-order valence-electron chi connectivity index (χ4n) is 2.05. The number of nitrogens with one attached hydrogen (secondary N) is 1.